The van der Waals surface area contributed by atoms with Crippen LogP contribution in [-0.4, -0.2) is 19.7 Å². The van der Waals surface area contributed by atoms with Crippen molar-refractivity contribution in [2.45, 2.75) is 39.2 Å². The molecule has 0 heterocycles. The van der Waals surface area contributed by atoms with E-state index in [1.54, 1.807) is 0 Å². The Morgan fingerprint density at radius 1 is 1.11 bits per heavy atom. The highest BCUT2D eigenvalue weighted by Crippen LogP contribution is 2.16. The van der Waals surface area contributed by atoms with Crippen molar-refractivity contribution in [3.8, 4) is 0 Å². The number of hydrogen-bond acceptors (Lipinski definition) is 2. The van der Waals surface area contributed by atoms with Crippen molar-refractivity contribution in [2.24, 2.45) is 0 Å². The maximum absolute atomic E-state index is 5.68. The Hall–Kier alpha value is -0.380. The van der Waals surface area contributed by atoms with Crippen molar-refractivity contribution in [1.29, 1.82) is 0 Å². The Bertz CT molecular complexity index is 317. The van der Waals surface area contributed by atoms with E-state index in [0.29, 0.717) is 6.61 Å². The minimum absolute atomic E-state index is 0.707. The molecule has 0 amide bonds. The van der Waals surface area contributed by atoms with Crippen molar-refractivity contribution in [3.05, 3.63) is 34.3 Å². The fourth-order valence-corrected chi connectivity index (χ4v) is 2.18. The predicted octanol–water partition coefficient (Wildman–Crippen LogP) is 4.14. The highest BCUT2D eigenvalue weighted by Gasteiger charge is 1.98. The smallest absolute Gasteiger partial charge is 0.0727 e. The van der Waals surface area contributed by atoms with Crippen LogP contribution in [0.2, 0.25) is 0 Å². The maximum Gasteiger partial charge on any atom is 0.0727 e. The molecule has 0 radical (unpaired) electrons. The van der Waals surface area contributed by atoms with E-state index in [0.717, 1.165) is 30.6 Å². The van der Waals surface area contributed by atoms with E-state index in [2.05, 4.69) is 40.3 Å². The van der Waals surface area contributed by atoms with E-state index in [4.69, 9.17) is 4.74 Å². The van der Waals surface area contributed by atoms with Crippen LogP contribution in [0.4, 0.5) is 0 Å². The third-order valence-corrected chi connectivity index (χ3v) is 3.63. The second-order valence-electron chi connectivity index (χ2n) is 4.41. The highest BCUT2D eigenvalue weighted by atomic mass is 79.9. The van der Waals surface area contributed by atoms with Crippen molar-refractivity contribution in [2.75, 3.05) is 19.7 Å². The molecule has 0 atom stereocenters. The molecule has 0 unspecified atom stereocenters. The quantitative estimate of drug-likeness (QED) is 0.656. The zero-order valence-corrected chi connectivity index (χ0v) is 12.8. The second-order valence-corrected chi connectivity index (χ2v) is 5.27. The molecule has 0 spiro atoms. The summed E-state index contributed by atoms with van der Waals surface area (Å²) >= 11 is 3.53. The minimum Gasteiger partial charge on any atom is -0.377 e. The van der Waals surface area contributed by atoms with E-state index in [-0.39, 0.29) is 0 Å². The van der Waals surface area contributed by atoms with Gasteiger partial charge in [0.2, 0.25) is 0 Å². The molecule has 0 aliphatic rings. The molecule has 1 aromatic carbocycles. The molecule has 102 valence electrons. The first kappa shape index (κ1) is 15.7. The van der Waals surface area contributed by atoms with Crippen LogP contribution in [0.15, 0.2) is 28.7 Å². The number of ether oxygens (including phenoxy) is 1. The van der Waals surface area contributed by atoms with Gasteiger partial charge in [-0.2, -0.15) is 0 Å². The first-order valence-corrected chi connectivity index (χ1v) is 7.65. The van der Waals surface area contributed by atoms with Gasteiger partial charge < -0.3 is 10.1 Å². The zero-order valence-electron chi connectivity index (χ0n) is 11.3. The Balaban J connectivity index is 1.94. The van der Waals surface area contributed by atoms with Crippen LogP contribution < -0.4 is 5.32 Å². The maximum atomic E-state index is 5.68. The van der Waals surface area contributed by atoms with E-state index in [1.807, 2.05) is 12.1 Å². The lowest BCUT2D eigenvalue weighted by Gasteiger charge is -2.06. The molecule has 1 aromatic rings. The van der Waals surface area contributed by atoms with E-state index in [9.17, 15) is 0 Å². The number of benzene rings is 1. The summed E-state index contributed by atoms with van der Waals surface area (Å²) in [7, 11) is 0. The molecule has 1 N–H and O–H groups in total. The summed E-state index contributed by atoms with van der Waals surface area (Å²) in [5.74, 6) is 0. The molecule has 0 saturated carbocycles. The second kappa shape index (κ2) is 10.5. The van der Waals surface area contributed by atoms with Gasteiger partial charge in [0.1, 0.15) is 0 Å². The summed E-state index contributed by atoms with van der Waals surface area (Å²) in [6, 6.07) is 8.22. The average molecular weight is 314 g/mol. The number of unbranched alkanes of at least 4 members (excludes halogenated alkanes) is 3. The van der Waals surface area contributed by atoms with Gasteiger partial charge in [0.05, 0.1) is 6.61 Å². The molecule has 0 aliphatic carbocycles. The van der Waals surface area contributed by atoms with Gasteiger partial charge in [-0.3, -0.25) is 0 Å². The van der Waals surface area contributed by atoms with E-state index < -0.39 is 0 Å². The zero-order chi connectivity index (χ0) is 13.1. The first-order valence-electron chi connectivity index (χ1n) is 6.86. The number of nitrogens with one attached hydrogen (secondary N) is 1. The van der Waals surface area contributed by atoms with Crippen LogP contribution in [-0.2, 0) is 11.3 Å². The van der Waals surface area contributed by atoms with Gasteiger partial charge in [0.15, 0.2) is 0 Å². The average Bonchev–Trinajstić information content (AvgIpc) is 2.39. The topological polar surface area (TPSA) is 21.3 Å². The third-order valence-electron chi connectivity index (χ3n) is 2.86. The lowest BCUT2D eigenvalue weighted by Crippen LogP contribution is -2.13. The molecule has 0 saturated heterocycles. The first-order chi connectivity index (χ1) is 8.84. The Labute approximate surface area is 119 Å². The Morgan fingerprint density at radius 2 is 1.89 bits per heavy atom. The molecule has 18 heavy (non-hydrogen) atoms. The summed E-state index contributed by atoms with van der Waals surface area (Å²) in [6.07, 6.45) is 5.00. The van der Waals surface area contributed by atoms with Gasteiger partial charge in [-0.15, -0.1) is 0 Å². The van der Waals surface area contributed by atoms with Crippen LogP contribution in [0, 0.1) is 0 Å². The monoisotopic (exact) mass is 313 g/mol. The standard InChI is InChI=1S/C15H24BrNO/c1-2-17-11-7-3-4-8-12-18-13-14-9-5-6-10-15(14)16/h5-6,9-10,17H,2-4,7-8,11-13H2,1H3. The molecule has 2 nitrogen and oxygen atoms in total. The van der Waals surface area contributed by atoms with Gasteiger partial charge in [-0.05, 0) is 37.6 Å². The van der Waals surface area contributed by atoms with E-state index in [1.165, 1.54) is 24.8 Å². The van der Waals surface area contributed by atoms with Crippen molar-refractivity contribution < 1.29 is 4.74 Å². The summed E-state index contributed by atoms with van der Waals surface area (Å²) in [6.45, 7) is 5.94. The Morgan fingerprint density at radius 3 is 2.67 bits per heavy atom. The number of hydrogen-bond donors (Lipinski definition) is 1. The summed E-state index contributed by atoms with van der Waals surface area (Å²) < 4.78 is 6.82. The SMILES string of the molecule is CCNCCCCCCOCc1ccccc1Br. The van der Waals surface area contributed by atoms with Gasteiger partial charge in [0.25, 0.3) is 0 Å². The minimum atomic E-state index is 0.707. The third kappa shape index (κ3) is 7.14. The predicted molar refractivity (Wildman–Crippen MR) is 80.8 cm³/mol. The van der Waals surface area contributed by atoms with Crippen molar-refractivity contribution in [3.63, 3.8) is 0 Å². The molecule has 0 aliphatic heterocycles. The molecule has 0 bridgehead atoms. The van der Waals surface area contributed by atoms with Crippen molar-refractivity contribution in [1.82, 2.24) is 5.32 Å². The molecule has 0 aromatic heterocycles. The lowest BCUT2D eigenvalue weighted by atomic mass is 10.2. The van der Waals surface area contributed by atoms with Crippen LogP contribution in [0.25, 0.3) is 0 Å². The summed E-state index contributed by atoms with van der Waals surface area (Å²) in [5, 5.41) is 3.34. The largest absolute Gasteiger partial charge is 0.377 e. The molecular formula is C15H24BrNO. The van der Waals surface area contributed by atoms with Crippen LogP contribution in [0.5, 0.6) is 0 Å². The summed E-state index contributed by atoms with van der Waals surface area (Å²) in [4.78, 5) is 0. The van der Waals surface area contributed by atoms with Gasteiger partial charge in [0, 0.05) is 11.1 Å². The van der Waals surface area contributed by atoms with E-state index >= 15 is 0 Å². The van der Waals surface area contributed by atoms with Crippen LogP contribution >= 0.6 is 15.9 Å². The van der Waals surface area contributed by atoms with Gasteiger partial charge in [-0.25, -0.2) is 0 Å². The van der Waals surface area contributed by atoms with Crippen LogP contribution in [0.3, 0.4) is 0 Å². The Kier molecular flexibility index (Phi) is 9.17. The van der Waals surface area contributed by atoms with Crippen molar-refractivity contribution >= 4 is 15.9 Å². The van der Waals surface area contributed by atoms with Gasteiger partial charge in [-0.1, -0.05) is 53.9 Å². The van der Waals surface area contributed by atoms with Gasteiger partial charge >= 0.3 is 0 Å². The molecule has 0 fully saturated rings. The summed E-state index contributed by atoms with van der Waals surface area (Å²) in [5.41, 5.74) is 1.23. The fraction of sp³-hybridized carbons (Fsp3) is 0.600. The molecule has 1 rings (SSSR count). The number of rotatable bonds is 10. The molecule has 3 heteroatoms. The highest BCUT2D eigenvalue weighted by molar-refractivity contribution is 9.10. The normalized spacial score (nSPS) is 10.8. The lowest BCUT2D eigenvalue weighted by molar-refractivity contribution is 0.116. The van der Waals surface area contributed by atoms with Crippen LogP contribution in [0.1, 0.15) is 38.2 Å². The fourth-order valence-electron chi connectivity index (χ4n) is 1.78. The number of halogens is 1. The molecular weight excluding hydrogens is 290 g/mol.